The number of aromatic nitrogens is 2. The summed E-state index contributed by atoms with van der Waals surface area (Å²) >= 11 is 0. The predicted molar refractivity (Wildman–Crippen MR) is 67.7 cm³/mol. The van der Waals surface area contributed by atoms with E-state index in [-0.39, 0.29) is 11.3 Å². The van der Waals surface area contributed by atoms with Gasteiger partial charge in [-0.3, -0.25) is 4.79 Å². The van der Waals surface area contributed by atoms with E-state index in [0.29, 0.717) is 11.6 Å². The molecule has 6 heteroatoms. The van der Waals surface area contributed by atoms with Crippen molar-refractivity contribution in [1.29, 1.82) is 0 Å². The van der Waals surface area contributed by atoms with Crippen LogP contribution in [-0.2, 0) is 0 Å². The molecular weight excluding hydrogens is 269 g/mol. The molecule has 2 aromatic carbocycles. The second kappa shape index (κ2) is 4.48. The summed E-state index contributed by atoms with van der Waals surface area (Å²) in [4.78, 5) is 18.2. The third kappa shape index (κ3) is 1.85. The lowest BCUT2D eigenvalue weighted by molar-refractivity contribution is 0.453. The van der Waals surface area contributed by atoms with Crippen molar-refractivity contribution in [3.05, 3.63) is 64.2 Å². The van der Waals surface area contributed by atoms with E-state index in [2.05, 4.69) is 9.97 Å². The summed E-state index contributed by atoms with van der Waals surface area (Å²) in [6.07, 6.45) is 0. The quantitative estimate of drug-likeness (QED) is 0.694. The average molecular weight is 276 g/mol. The lowest BCUT2D eigenvalue weighted by Crippen LogP contribution is -2.13. The van der Waals surface area contributed by atoms with Crippen LogP contribution in [-0.4, -0.2) is 9.97 Å². The van der Waals surface area contributed by atoms with Gasteiger partial charge in [0.05, 0.1) is 5.52 Å². The van der Waals surface area contributed by atoms with Crippen molar-refractivity contribution in [3.8, 4) is 11.4 Å². The Morgan fingerprint density at radius 2 is 1.70 bits per heavy atom. The molecule has 0 bridgehead atoms. The van der Waals surface area contributed by atoms with Crippen molar-refractivity contribution in [3.63, 3.8) is 0 Å². The van der Waals surface area contributed by atoms with Crippen LogP contribution in [0.1, 0.15) is 0 Å². The molecule has 0 saturated carbocycles. The number of fused-ring (bicyclic) bond motifs is 1. The van der Waals surface area contributed by atoms with Gasteiger partial charge in [0.1, 0.15) is 11.2 Å². The van der Waals surface area contributed by atoms with Crippen molar-refractivity contribution >= 4 is 10.9 Å². The number of hydrogen-bond donors (Lipinski definition) is 1. The van der Waals surface area contributed by atoms with Crippen LogP contribution in [0.4, 0.5) is 13.2 Å². The molecule has 3 rings (SSSR count). The Labute approximate surface area is 110 Å². The number of benzene rings is 2. The number of H-pyrrole nitrogens is 1. The summed E-state index contributed by atoms with van der Waals surface area (Å²) in [7, 11) is 0. The number of nitrogens with zero attached hydrogens (tertiary/aromatic N) is 1. The van der Waals surface area contributed by atoms with Gasteiger partial charge in [0.15, 0.2) is 17.5 Å². The Morgan fingerprint density at radius 1 is 1.00 bits per heavy atom. The standard InChI is InChI=1S/C14H7F3N2O/c15-8-6-9-10(12(17)11(8)16)14(20)19-13(18-9)7-4-2-1-3-5-7/h1-6H,(H,18,19,20). The molecule has 0 aliphatic carbocycles. The van der Waals surface area contributed by atoms with Crippen molar-refractivity contribution in [1.82, 2.24) is 9.97 Å². The minimum Gasteiger partial charge on any atom is -0.306 e. The van der Waals surface area contributed by atoms with Crippen LogP contribution in [0.15, 0.2) is 41.2 Å². The summed E-state index contributed by atoms with van der Waals surface area (Å²) in [6.45, 7) is 0. The summed E-state index contributed by atoms with van der Waals surface area (Å²) in [5.74, 6) is -4.44. The summed E-state index contributed by atoms with van der Waals surface area (Å²) in [6, 6.07) is 9.30. The molecule has 3 nitrogen and oxygen atoms in total. The average Bonchev–Trinajstić information content (AvgIpc) is 2.45. The first-order valence-electron chi connectivity index (χ1n) is 5.71. The molecular formula is C14H7F3N2O. The maximum atomic E-state index is 13.6. The fourth-order valence-electron chi connectivity index (χ4n) is 1.94. The molecule has 0 radical (unpaired) electrons. The van der Waals surface area contributed by atoms with Crippen LogP contribution in [0.25, 0.3) is 22.3 Å². The molecule has 3 aromatic rings. The molecule has 100 valence electrons. The first kappa shape index (κ1) is 12.4. The number of halogens is 3. The van der Waals surface area contributed by atoms with E-state index in [4.69, 9.17) is 0 Å². The monoisotopic (exact) mass is 276 g/mol. The first-order valence-corrected chi connectivity index (χ1v) is 5.71. The Kier molecular flexibility index (Phi) is 2.78. The Balaban J connectivity index is 2.36. The van der Waals surface area contributed by atoms with E-state index in [1.54, 1.807) is 30.3 Å². The van der Waals surface area contributed by atoms with Crippen LogP contribution in [0.5, 0.6) is 0 Å². The van der Waals surface area contributed by atoms with Gasteiger partial charge in [0.25, 0.3) is 5.56 Å². The van der Waals surface area contributed by atoms with Gasteiger partial charge in [-0.2, -0.15) is 0 Å². The molecule has 20 heavy (non-hydrogen) atoms. The highest BCUT2D eigenvalue weighted by Gasteiger charge is 2.18. The van der Waals surface area contributed by atoms with Gasteiger partial charge in [-0.1, -0.05) is 30.3 Å². The van der Waals surface area contributed by atoms with Gasteiger partial charge in [-0.05, 0) is 0 Å². The topological polar surface area (TPSA) is 45.8 Å². The molecule has 0 aliphatic heterocycles. The van der Waals surface area contributed by atoms with E-state index in [0.717, 1.165) is 0 Å². The van der Waals surface area contributed by atoms with Crippen LogP contribution in [0.2, 0.25) is 0 Å². The summed E-state index contributed by atoms with van der Waals surface area (Å²) in [5.41, 5.74) is -0.508. The Hall–Kier alpha value is -2.63. The second-order valence-electron chi connectivity index (χ2n) is 4.16. The lowest BCUT2D eigenvalue weighted by atomic mass is 10.2. The van der Waals surface area contributed by atoms with Gasteiger partial charge in [0, 0.05) is 11.6 Å². The minimum absolute atomic E-state index is 0.161. The molecule has 0 atom stereocenters. The fourth-order valence-corrected chi connectivity index (χ4v) is 1.94. The first-order chi connectivity index (χ1) is 9.58. The van der Waals surface area contributed by atoms with Crippen LogP contribution in [0, 0.1) is 17.5 Å². The van der Waals surface area contributed by atoms with Crippen LogP contribution >= 0.6 is 0 Å². The summed E-state index contributed by atoms with van der Waals surface area (Å²) in [5, 5.41) is -0.594. The number of rotatable bonds is 1. The van der Waals surface area contributed by atoms with Crippen molar-refractivity contribution < 1.29 is 13.2 Å². The molecule has 0 amide bonds. The van der Waals surface area contributed by atoms with Crippen molar-refractivity contribution in [2.45, 2.75) is 0 Å². The summed E-state index contributed by atoms with van der Waals surface area (Å²) < 4.78 is 39.9. The molecule has 0 spiro atoms. The molecule has 1 aromatic heterocycles. The number of nitrogens with one attached hydrogen (secondary N) is 1. The highest BCUT2D eigenvalue weighted by molar-refractivity contribution is 5.80. The highest BCUT2D eigenvalue weighted by atomic mass is 19.2. The van der Waals surface area contributed by atoms with E-state index in [1.807, 2.05) is 0 Å². The smallest absolute Gasteiger partial charge is 0.262 e. The SMILES string of the molecule is O=c1[nH]c(-c2ccccc2)nc2cc(F)c(F)c(F)c12. The molecule has 1 heterocycles. The van der Waals surface area contributed by atoms with Crippen molar-refractivity contribution in [2.24, 2.45) is 0 Å². The molecule has 1 N–H and O–H groups in total. The predicted octanol–water partition coefficient (Wildman–Crippen LogP) is 3.01. The van der Waals surface area contributed by atoms with E-state index in [1.165, 1.54) is 0 Å². The Morgan fingerprint density at radius 3 is 2.40 bits per heavy atom. The maximum absolute atomic E-state index is 13.6. The van der Waals surface area contributed by atoms with Gasteiger partial charge in [-0.15, -0.1) is 0 Å². The zero-order valence-corrected chi connectivity index (χ0v) is 9.95. The number of hydrogen-bond acceptors (Lipinski definition) is 2. The molecule has 0 aliphatic rings. The van der Waals surface area contributed by atoms with Gasteiger partial charge < -0.3 is 4.98 Å². The lowest BCUT2D eigenvalue weighted by Gasteiger charge is -2.04. The number of aromatic amines is 1. The maximum Gasteiger partial charge on any atom is 0.262 e. The molecule has 0 fully saturated rings. The zero-order chi connectivity index (χ0) is 14.3. The third-order valence-corrected chi connectivity index (χ3v) is 2.88. The van der Waals surface area contributed by atoms with Crippen LogP contribution < -0.4 is 5.56 Å². The highest BCUT2D eigenvalue weighted by Crippen LogP contribution is 2.21. The zero-order valence-electron chi connectivity index (χ0n) is 9.95. The van der Waals surface area contributed by atoms with E-state index in [9.17, 15) is 18.0 Å². The molecule has 0 unspecified atom stereocenters. The third-order valence-electron chi connectivity index (χ3n) is 2.88. The van der Waals surface area contributed by atoms with Crippen LogP contribution in [0.3, 0.4) is 0 Å². The van der Waals surface area contributed by atoms with E-state index >= 15 is 0 Å². The fraction of sp³-hybridized carbons (Fsp3) is 0. The molecule has 0 saturated heterocycles. The second-order valence-corrected chi connectivity index (χ2v) is 4.16. The van der Waals surface area contributed by atoms with Gasteiger partial charge >= 0.3 is 0 Å². The van der Waals surface area contributed by atoms with Crippen molar-refractivity contribution in [2.75, 3.05) is 0 Å². The normalized spacial score (nSPS) is 10.9. The van der Waals surface area contributed by atoms with Gasteiger partial charge in [-0.25, -0.2) is 18.2 Å². The largest absolute Gasteiger partial charge is 0.306 e. The van der Waals surface area contributed by atoms with Gasteiger partial charge in [0.2, 0.25) is 0 Å². The van der Waals surface area contributed by atoms with E-state index < -0.39 is 28.4 Å². The minimum atomic E-state index is -1.68. The Bertz CT molecular complexity index is 860.